The van der Waals surface area contributed by atoms with E-state index < -0.39 is 17.7 Å². The summed E-state index contributed by atoms with van der Waals surface area (Å²) in [7, 11) is 1.49. The first-order chi connectivity index (χ1) is 17.4. The highest BCUT2D eigenvalue weighted by molar-refractivity contribution is 8.00. The number of benzene rings is 2. The van der Waals surface area contributed by atoms with Crippen molar-refractivity contribution in [2.45, 2.75) is 22.6 Å². The Balaban J connectivity index is 1.33. The van der Waals surface area contributed by atoms with E-state index in [1.54, 1.807) is 23.9 Å². The number of ether oxygens (including phenoxy) is 1. The number of phenols is 1. The topological polar surface area (TPSA) is 99.7 Å². The number of H-pyrrole nitrogens is 1. The van der Waals surface area contributed by atoms with E-state index in [4.69, 9.17) is 4.74 Å². The van der Waals surface area contributed by atoms with Crippen molar-refractivity contribution in [1.82, 2.24) is 4.98 Å². The Morgan fingerprint density at radius 1 is 1.06 bits per heavy atom. The van der Waals surface area contributed by atoms with Gasteiger partial charge in [-0.15, -0.1) is 11.8 Å². The summed E-state index contributed by atoms with van der Waals surface area (Å²) >= 11 is 2.80. The fourth-order valence-electron chi connectivity index (χ4n) is 7.12. The van der Waals surface area contributed by atoms with Crippen molar-refractivity contribution in [3.8, 4) is 11.5 Å². The minimum absolute atomic E-state index is 0.00467. The highest BCUT2D eigenvalue weighted by Gasteiger charge is 2.69. The van der Waals surface area contributed by atoms with E-state index in [2.05, 4.69) is 4.98 Å². The zero-order valence-corrected chi connectivity index (χ0v) is 20.6. The molecule has 2 aliphatic heterocycles. The summed E-state index contributed by atoms with van der Waals surface area (Å²) in [6.07, 6.45) is 0.775. The Labute approximate surface area is 213 Å². The third-order valence-electron chi connectivity index (χ3n) is 8.37. The zero-order valence-electron chi connectivity index (χ0n) is 19.0. The van der Waals surface area contributed by atoms with E-state index in [0.29, 0.717) is 11.4 Å². The van der Waals surface area contributed by atoms with Crippen LogP contribution in [0.5, 0.6) is 11.5 Å². The van der Waals surface area contributed by atoms with Gasteiger partial charge in [0.2, 0.25) is 11.8 Å². The third kappa shape index (κ3) is 2.88. The fourth-order valence-corrected chi connectivity index (χ4v) is 10.0. The van der Waals surface area contributed by atoms with Gasteiger partial charge < -0.3 is 14.8 Å². The molecule has 4 aliphatic rings. The van der Waals surface area contributed by atoms with Gasteiger partial charge in [0.05, 0.1) is 29.7 Å². The second-order valence-electron chi connectivity index (χ2n) is 9.88. The lowest BCUT2D eigenvalue weighted by Crippen LogP contribution is -2.42. The van der Waals surface area contributed by atoms with Crippen LogP contribution in [-0.2, 0) is 9.59 Å². The number of carbonyl (C=O) groups is 2. The molecule has 3 aromatic rings. The SMILES string of the molecule is COc1cc([C@@H]2c3sc(=O)[nH]c3S[C@H]3[C@@H]4C[C@H]([C@H]5C(=O)N(c6ccc(F)cc6)C(=O)[C@H]45)[C@H]23)ccc1O. The fraction of sp³-hybridized carbons (Fsp3) is 0.346. The molecule has 2 aliphatic carbocycles. The Kier molecular flexibility index (Phi) is 4.73. The summed E-state index contributed by atoms with van der Waals surface area (Å²) < 4.78 is 18.9. The van der Waals surface area contributed by atoms with Crippen LogP contribution in [0.4, 0.5) is 10.1 Å². The highest BCUT2D eigenvalue weighted by atomic mass is 32.2. The van der Waals surface area contributed by atoms with Crippen molar-refractivity contribution in [2.75, 3.05) is 12.0 Å². The second kappa shape index (κ2) is 7.69. The molecule has 7 atom stereocenters. The number of carbonyl (C=O) groups excluding carboxylic acids is 2. The number of amides is 2. The maximum atomic E-state index is 13.7. The maximum absolute atomic E-state index is 13.7. The first-order valence-corrected chi connectivity index (χ1v) is 13.5. The number of nitrogens with zero attached hydrogens (tertiary/aromatic N) is 1. The molecule has 2 amide bonds. The van der Waals surface area contributed by atoms with Crippen LogP contribution in [0.1, 0.15) is 22.8 Å². The number of fused-ring (bicyclic) bond motifs is 9. The van der Waals surface area contributed by atoms with Crippen LogP contribution in [-0.4, -0.2) is 34.3 Å². The number of hydrogen-bond donors (Lipinski definition) is 2. The largest absolute Gasteiger partial charge is 0.504 e. The van der Waals surface area contributed by atoms with Gasteiger partial charge in [-0.2, -0.15) is 0 Å². The van der Waals surface area contributed by atoms with E-state index in [9.17, 15) is 23.9 Å². The average molecular weight is 525 g/mol. The molecule has 2 saturated carbocycles. The summed E-state index contributed by atoms with van der Waals surface area (Å²) in [5.41, 5.74) is 1.31. The molecule has 184 valence electrons. The molecule has 3 fully saturated rings. The predicted molar refractivity (Wildman–Crippen MR) is 132 cm³/mol. The van der Waals surface area contributed by atoms with E-state index in [1.807, 2.05) is 6.07 Å². The van der Waals surface area contributed by atoms with Crippen LogP contribution in [0.25, 0.3) is 0 Å². The van der Waals surface area contributed by atoms with Crippen LogP contribution in [0.2, 0.25) is 0 Å². The number of halogens is 1. The van der Waals surface area contributed by atoms with Gasteiger partial charge in [-0.3, -0.25) is 19.3 Å². The Morgan fingerprint density at radius 3 is 2.50 bits per heavy atom. The van der Waals surface area contributed by atoms with Crippen LogP contribution < -0.4 is 14.5 Å². The molecule has 0 unspecified atom stereocenters. The number of imide groups is 1. The molecule has 7 nitrogen and oxygen atoms in total. The number of anilines is 1. The van der Waals surface area contributed by atoms with Crippen LogP contribution in [0, 0.1) is 35.4 Å². The number of phenolic OH excluding ortho intramolecular Hbond substituents is 1. The lowest BCUT2D eigenvalue weighted by molar-refractivity contribution is -0.123. The summed E-state index contributed by atoms with van der Waals surface area (Å²) in [4.78, 5) is 44.6. The molecule has 0 spiro atoms. The first-order valence-electron chi connectivity index (χ1n) is 11.8. The Morgan fingerprint density at radius 2 is 1.78 bits per heavy atom. The predicted octanol–water partition coefficient (Wildman–Crippen LogP) is 3.97. The van der Waals surface area contributed by atoms with E-state index in [0.717, 1.165) is 21.9 Å². The molecule has 3 heterocycles. The molecule has 0 radical (unpaired) electrons. The van der Waals surface area contributed by atoms with Gasteiger partial charge in [0.25, 0.3) is 0 Å². The van der Waals surface area contributed by atoms with Crippen LogP contribution >= 0.6 is 23.1 Å². The second-order valence-corrected chi connectivity index (χ2v) is 12.1. The zero-order chi connectivity index (χ0) is 24.9. The normalized spacial score (nSPS) is 31.9. The number of nitrogens with one attached hydrogen (secondary N) is 1. The summed E-state index contributed by atoms with van der Waals surface area (Å²) in [6.45, 7) is 0. The third-order valence-corrected chi connectivity index (χ3v) is 11.0. The Hall–Kier alpha value is -3.11. The molecule has 2 aromatic carbocycles. The van der Waals surface area contributed by atoms with Gasteiger partial charge in [-0.1, -0.05) is 17.4 Å². The van der Waals surface area contributed by atoms with Crippen molar-refractivity contribution in [1.29, 1.82) is 0 Å². The summed E-state index contributed by atoms with van der Waals surface area (Å²) in [6, 6.07) is 10.7. The van der Waals surface area contributed by atoms with Crippen molar-refractivity contribution >= 4 is 40.6 Å². The number of aromatic nitrogens is 1. The molecular weight excluding hydrogens is 503 g/mol. The van der Waals surface area contributed by atoms with Gasteiger partial charge in [-0.25, -0.2) is 4.39 Å². The molecule has 36 heavy (non-hydrogen) atoms. The molecule has 2 N–H and O–H groups in total. The molecule has 1 saturated heterocycles. The minimum atomic E-state index is -0.437. The lowest BCUT2D eigenvalue weighted by atomic mass is 9.68. The van der Waals surface area contributed by atoms with Crippen LogP contribution in [0.15, 0.2) is 52.3 Å². The van der Waals surface area contributed by atoms with E-state index in [-0.39, 0.29) is 51.4 Å². The highest BCUT2D eigenvalue weighted by Crippen LogP contribution is 2.68. The number of aromatic hydroxyl groups is 1. The number of hydrogen-bond acceptors (Lipinski definition) is 7. The molecule has 2 bridgehead atoms. The molecule has 10 heteroatoms. The monoisotopic (exact) mass is 524 g/mol. The smallest absolute Gasteiger partial charge is 0.305 e. The average Bonchev–Trinajstić information content (AvgIpc) is 3.59. The van der Waals surface area contributed by atoms with Crippen LogP contribution in [0.3, 0.4) is 0 Å². The Bertz CT molecular complexity index is 1480. The summed E-state index contributed by atoms with van der Waals surface area (Å²) in [5, 5.41) is 11.1. The minimum Gasteiger partial charge on any atom is -0.504 e. The van der Waals surface area contributed by atoms with Crippen molar-refractivity contribution < 1.29 is 23.8 Å². The lowest BCUT2D eigenvalue weighted by Gasteiger charge is -2.43. The van der Waals surface area contributed by atoms with Crippen molar-refractivity contribution in [3.05, 3.63) is 68.4 Å². The molecular formula is C26H21FN2O5S2. The number of rotatable bonds is 3. The van der Waals surface area contributed by atoms with Crippen molar-refractivity contribution in [3.63, 3.8) is 0 Å². The van der Waals surface area contributed by atoms with Gasteiger partial charge in [0.1, 0.15) is 5.82 Å². The number of methoxy groups -OCH3 is 1. The number of thioether (sulfide) groups is 1. The number of aromatic amines is 1. The standard InChI is InChI=1S/C26H21FN2O5S2/c1-34-16-8-10(2-7-15(16)30)17-18-13-9-14(21(18)35-23-22(17)36-26(33)28-23)20-19(13)24(31)29(25(20)32)12-5-3-11(27)4-6-12/h2-8,13-14,17-21,30H,9H2,1H3,(H,28,33)/t13-,14+,17-,18+,19+,20+,21-/m0/s1. The molecule has 1 aromatic heterocycles. The number of thiazole rings is 1. The van der Waals surface area contributed by atoms with Gasteiger partial charge >= 0.3 is 4.87 Å². The van der Waals surface area contributed by atoms with E-state index in [1.165, 1.54) is 47.6 Å². The van der Waals surface area contributed by atoms with Gasteiger partial charge in [-0.05, 0) is 66.1 Å². The van der Waals surface area contributed by atoms with Crippen molar-refractivity contribution in [2.24, 2.45) is 29.6 Å². The quantitative estimate of drug-likeness (QED) is 0.503. The maximum Gasteiger partial charge on any atom is 0.305 e. The van der Waals surface area contributed by atoms with Gasteiger partial charge in [0, 0.05) is 16.0 Å². The molecule has 7 rings (SSSR count). The summed E-state index contributed by atoms with van der Waals surface area (Å²) in [5.74, 6) is -1.48. The van der Waals surface area contributed by atoms with Gasteiger partial charge in [0.15, 0.2) is 11.5 Å². The first kappa shape index (κ1) is 22.1. The van der Waals surface area contributed by atoms with E-state index >= 15 is 0 Å².